The molecule has 0 bridgehead atoms. The Hall–Kier alpha value is -2.65. The molecule has 1 aromatic carbocycles. The van der Waals surface area contributed by atoms with Crippen LogP contribution in [0.15, 0.2) is 35.2 Å². The molecule has 1 aliphatic heterocycles. The van der Waals surface area contributed by atoms with Crippen LogP contribution in [0.2, 0.25) is 0 Å². The average Bonchev–Trinajstić information content (AvgIpc) is 3.29. The summed E-state index contributed by atoms with van der Waals surface area (Å²) in [7, 11) is 0. The Bertz CT molecular complexity index is 1010. The number of hydrogen-bond donors (Lipinski definition) is 1. The van der Waals surface area contributed by atoms with E-state index in [1.54, 1.807) is 11.3 Å². The van der Waals surface area contributed by atoms with Gasteiger partial charge in [0.05, 0.1) is 17.2 Å². The van der Waals surface area contributed by atoms with E-state index in [1.165, 1.54) is 11.1 Å². The first-order valence-corrected chi connectivity index (χ1v) is 14.0. The lowest BCUT2D eigenvalue weighted by Crippen LogP contribution is -2.51. The molecule has 37 heavy (non-hydrogen) atoms. The van der Waals surface area contributed by atoms with Gasteiger partial charge in [-0.25, -0.2) is 14.6 Å². The zero-order chi connectivity index (χ0) is 27.1. The van der Waals surface area contributed by atoms with Gasteiger partial charge < -0.3 is 14.8 Å². The van der Waals surface area contributed by atoms with Gasteiger partial charge in [0.25, 0.3) is 0 Å². The number of nitrogens with one attached hydrogen (secondary N) is 1. The van der Waals surface area contributed by atoms with Crippen molar-refractivity contribution in [2.75, 3.05) is 19.6 Å². The van der Waals surface area contributed by atoms with Gasteiger partial charge in [-0.15, -0.1) is 11.3 Å². The predicted molar refractivity (Wildman–Crippen MR) is 147 cm³/mol. The maximum Gasteiger partial charge on any atom is 0.410 e. The van der Waals surface area contributed by atoms with Crippen LogP contribution in [0.5, 0.6) is 0 Å². The molecule has 0 fully saturated rings. The van der Waals surface area contributed by atoms with E-state index >= 15 is 0 Å². The number of alkyl carbamates (subject to hydrolysis) is 1. The summed E-state index contributed by atoms with van der Waals surface area (Å²) in [5, 5.41) is 4.90. The fraction of sp³-hybridized carbons (Fsp3) is 0.607. The highest BCUT2D eigenvalue weighted by molar-refractivity contribution is 7.07. The maximum atomic E-state index is 13.2. The van der Waals surface area contributed by atoms with Crippen molar-refractivity contribution in [3.63, 3.8) is 0 Å². The topological polar surface area (TPSA) is 84.0 Å². The molecule has 0 spiro atoms. The molecule has 9 heteroatoms. The van der Waals surface area contributed by atoms with Crippen molar-refractivity contribution in [3.8, 4) is 0 Å². The molecule has 1 atom stereocenters. The van der Waals surface area contributed by atoms with Crippen molar-refractivity contribution in [1.29, 1.82) is 0 Å². The summed E-state index contributed by atoms with van der Waals surface area (Å²) in [5.74, 6) is 0. The number of rotatable bonds is 9. The molecule has 2 heterocycles. The second-order valence-electron chi connectivity index (χ2n) is 11.6. The summed E-state index contributed by atoms with van der Waals surface area (Å²) in [6.07, 6.45) is 1.84. The second kappa shape index (κ2) is 12.7. The molecule has 8 nitrogen and oxygen atoms in total. The molecule has 0 saturated carbocycles. The number of aromatic nitrogens is 1. The zero-order valence-electron chi connectivity index (χ0n) is 23.1. The van der Waals surface area contributed by atoms with E-state index in [4.69, 9.17) is 9.47 Å². The molecular weight excluding hydrogens is 488 g/mol. The zero-order valence-corrected chi connectivity index (χ0v) is 23.9. The Labute approximate surface area is 225 Å². The van der Waals surface area contributed by atoms with Crippen LogP contribution >= 0.6 is 11.3 Å². The summed E-state index contributed by atoms with van der Waals surface area (Å²) in [6.45, 7) is 14.6. The van der Waals surface area contributed by atoms with Gasteiger partial charge in [-0.1, -0.05) is 24.3 Å². The molecule has 1 N–H and O–H groups in total. The minimum atomic E-state index is -0.556. The van der Waals surface area contributed by atoms with Crippen LogP contribution in [0.1, 0.15) is 71.2 Å². The van der Waals surface area contributed by atoms with Gasteiger partial charge in [0.1, 0.15) is 11.2 Å². The van der Waals surface area contributed by atoms with E-state index in [0.29, 0.717) is 26.2 Å². The largest absolute Gasteiger partial charge is 0.444 e. The van der Waals surface area contributed by atoms with Crippen molar-refractivity contribution in [3.05, 3.63) is 52.0 Å². The minimum Gasteiger partial charge on any atom is -0.444 e. The van der Waals surface area contributed by atoms with Crippen molar-refractivity contribution in [2.45, 2.75) is 91.1 Å². The van der Waals surface area contributed by atoms with Gasteiger partial charge in [-0.3, -0.25) is 9.80 Å². The molecule has 0 aliphatic carbocycles. The highest BCUT2D eigenvalue weighted by Crippen LogP contribution is 2.26. The van der Waals surface area contributed by atoms with Crippen LogP contribution in [-0.4, -0.2) is 63.8 Å². The van der Waals surface area contributed by atoms with Crippen molar-refractivity contribution < 1.29 is 19.1 Å². The molecule has 1 aromatic heterocycles. The van der Waals surface area contributed by atoms with Crippen molar-refractivity contribution in [1.82, 2.24) is 20.1 Å². The van der Waals surface area contributed by atoms with Gasteiger partial charge in [0, 0.05) is 31.6 Å². The van der Waals surface area contributed by atoms with Crippen LogP contribution in [0.4, 0.5) is 9.59 Å². The SMILES string of the molecule is CC(C)(C)OC(=O)NCCCCN(Cc1cscn1)CC1Cc2ccccc2CN1C(=O)OC(C)(C)C. The average molecular weight is 531 g/mol. The molecular formula is C28H42N4O4S. The third-order valence-electron chi connectivity index (χ3n) is 5.89. The Kier molecular flexibility index (Phi) is 9.95. The molecule has 0 radical (unpaired) electrons. The smallest absolute Gasteiger partial charge is 0.410 e. The summed E-state index contributed by atoms with van der Waals surface area (Å²) < 4.78 is 11.1. The molecule has 1 unspecified atom stereocenters. The number of carbonyl (C=O) groups excluding carboxylic acids is 2. The van der Waals surface area contributed by atoms with Gasteiger partial charge in [0.2, 0.25) is 0 Å². The van der Waals surface area contributed by atoms with E-state index in [9.17, 15) is 9.59 Å². The lowest BCUT2D eigenvalue weighted by molar-refractivity contribution is 0.00709. The number of thiazole rings is 1. The number of carbonyl (C=O) groups is 2. The summed E-state index contributed by atoms with van der Waals surface area (Å²) in [6, 6.07) is 8.31. The van der Waals surface area contributed by atoms with E-state index in [0.717, 1.165) is 31.5 Å². The number of amides is 2. The van der Waals surface area contributed by atoms with E-state index < -0.39 is 11.2 Å². The third-order valence-corrected chi connectivity index (χ3v) is 6.53. The molecule has 2 amide bonds. The Morgan fingerprint density at radius 3 is 2.43 bits per heavy atom. The monoisotopic (exact) mass is 530 g/mol. The van der Waals surface area contributed by atoms with Crippen molar-refractivity contribution in [2.24, 2.45) is 0 Å². The number of fused-ring (bicyclic) bond motifs is 1. The second-order valence-corrected chi connectivity index (χ2v) is 12.3. The first-order valence-electron chi connectivity index (χ1n) is 13.0. The van der Waals surface area contributed by atoms with Gasteiger partial charge in [-0.2, -0.15) is 0 Å². The lowest BCUT2D eigenvalue weighted by Gasteiger charge is -2.40. The quantitative estimate of drug-likeness (QED) is 0.424. The molecule has 2 aromatic rings. The Morgan fingerprint density at radius 2 is 1.78 bits per heavy atom. The molecule has 0 saturated heterocycles. The maximum absolute atomic E-state index is 13.2. The Morgan fingerprint density at radius 1 is 1.08 bits per heavy atom. The number of nitrogens with zero attached hydrogens (tertiary/aromatic N) is 3. The summed E-state index contributed by atoms with van der Waals surface area (Å²) in [5.41, 5.74) is 4.26. The number of unbranched alkanes of at least 4 members (excludes halogenated alkanes) is 1. The third kappa shape index (κ3) is 9.97. The minimum absolute atomic E-state index is 0.0109. The number of ether oxygens (including phenoxy) is 2. The van der Waals surface area contributed by atoms with Crippen LogP contribution in [0.3, 0.4) is 0 Å². The van der Waals surface area contributed by atoms with Gasteiger partial charge in [0.15, 0.2) is 0 Å². The van der Waals surface area contributed by atoms with Gasteiger partial charge >= 0.3 is 12.2 Å². The van der Waals surface area contributed by atoms with E-state index in [-0.39, 0.29) is 18.2 Å². The number of benzene rings is 1. The highest BCUT2D eigenvalue weighted by atomic mass is 32.1. The standard InChI is InChI=1S/C28H42N4O4S/c1-27(2,3)35-25(33)29-13-9-10-14-31(17-23-19-37-20-30-23)18-24-15-21-11-7-8-12-22(21)16-32(24)26(34)36-28(4,5)6/h7-8,11-12,19-20,24H,9-10,13-18H2,1-6H3,(H,29,33). The fourth-order valence-corrected chi connectivity index (χ4v) is 4.88. The summed E-state index contributed by atoms with van der Waals surface area (Å²) >= 11 is 1.59. The Balaban J connectivity index is 1.65. The fourth-order valence-electron chi connectivity index (χ4n) is 4.33. The van der Waals surface area contributed by atoms with Crippen LogP contribution < -0.4 is 5.32 Å². The molecule has 204 valence electrons. The van der Waals surface area contributed by atoms with Crippen LogP contribution in [-0.2, 0) is 29.0 Å². The van der Waals surface area contributed by atoms with Crippen LogP contribution in [0, 0.1) is 0 Å². The predicted octanol–water partition coefficient (Wildman–Crippen LogP) is 5.61. The molecule has 3 rings (SSSR count). The normalized spacial score (nSPS) is 15.9. The molecule has 1 aliphatic rings. The number of hydrogen-bond acceptors (Lipinski definition) is 7. The van der Waals surface area contributed by atoms with E-state index in [1.807, 2.05) is 58.0 Å². The van der Waals surface area contributed by atoms with Crippen molar-refractivity contribution >= 4 is 23.5 Å². The first-order chi connectivity index (χ1) is 17.4. The summed E-state index contributed by atoms with van der Waals surface area (Å²) in [4.78, 5) is 33.9. The van der Waals surface area contributed by atoms with Crippen LogP contribution in [0.25, 0.3) is 0 Å². The highest BCUT2D eigenvalue weighted by Gasteiger charge is 2.34. The van der Waals surface area contributed by atoms with Gasteiger partial charge in [-0.05, 0) is 78.5 Å². The lowest BCUT2D eigenvalue weighted by atomic mass is 9.94. The first kappa shape index (κ1) is 28.9. The van der Waals surface area contributed by atoms with E-state index in [2.05, 4.69) is 38.8 Å².